The highest BCUT2D eigenvalue weighted by molar-refractivity contribution is 6.30. The molecule has 0 radical (unpaired) electrons. The minimum atomic E-state index is -0.358. The van der Waals surface area contributed by atoms with Gasteiger partial charge in [0.1, 0.15) is 5.82 Å². The minimum absolute atomic E-state index is 0.106. The molecule has 35 heavy (non-hydrogen) atoms. The van der Waals surface area contributed by atoms with Gasteiger partial charge in [0, 0.05) is 28.5 Å². The number of phenolic OH excluding ortho intramolecular Hbond substituents is 1. The molecule has 3 heterocycles. The van der Waals surface area contributed by atoms with Gasteiger partial charge in [0.05, 0.1) is 31.8 Å². The van der Waals surface area contributed by atoms with Crippen molar-refractivity contribution < 1.29 is 19.4 Å². The summed E-state index contributed by atoms with van der Waals surface area (Å²) in [6, 6.07) is 10.6. The van der Waals surface area contributed by atoms with E-state index in [9.17, 15) is 9.90 Å². The fourth-order valence-corrected chi connectivity index (χ4v) is 4.36. The molecule has 5 rings (SSSR count). The van der Waals surface area contributed by atoms with E-state index in [4.69, 9.17) is 21.1 Å². The van der Waals surface area contributed by atoms with Crippen LogP contribution in [0.4, 0.5) is 5.82 Å². The van der Waals surface area contributed by atoms with Crippen LogP contribution >= 0.6 is 11.6 Å². The Kier molecular flexibility index (Phi) is 5.73. The van der Waals surface area contributed by atoms with Gasteiger partial charge >= 0.3 is 0 Å². The number of nitrogens with zero attached hydrogens (tertiary/aromatic N) is 5. The second kappa shape index (κ2) is 8.88. The first-order valence-corrected chi connectivity index (χ1v) is 11.1. The van der Waals surface area contributed by atoms with Crippen LogP contribution in [0, 0.1) is 6.92 Å². The first-order chi connectivity index (χ1) is 16.9. The number of amides is 1. The first kappa shape index (κ1) is 22.6. The van der Waals surface area contributed by atoms with E-state index in [1.807, 2.05) is 19.1 Å². The number of carbonyl (C=O) groups is 1. The molecule has 0 fully saturated rings. The van der Waals surface area contributed by atoms with Crippen molar-refractivity contribution in [3.05, 3.63) is 64.4 Å². The number of nitrogens with one attached hydrogen (secondary N) is 1. The van der Waals surface area contributed by atoms with E-state index < -0.39 is 0 Å². The SMILES string of the molecule is COc1cc(C2CC(=O)Nc3c2c(C)nn3-c2nncc(-c3ccc(Cl)cc3)n2)cc(OC)c1O. The molecule has 0 aliphatic carbocycles. The third kappa shape index (κ3) is 4.01. The number of methoxy groups -OCH3 is 2. The van der Waals surface area contributed by atoms with E-state index in [0.29, 0.717) is 22.2 Å². The lowest BCUT2D eigenvalue weighted by Crippen LogP contribution is -2.25. The van der Waals surface area contributed by atoms with Crippen LogP contribution in [0.25, 0.3) is 17.2 Å². The van der Waals surface area contributed by atoms with Gasteiger partial charge in [-0.3, -0.25) is 4.79 Å². The van der Waals surface area contributed by atoms with Crippen molar-refractivity contribution in [3.63, 3.8) is 0 Å². The number of aryl methyl sites for hydroxylation is 1. The summed E-state index contributed by atoms with van der Waals surface area (Å²) in [6.07, 6.45) is 1.73. The molecule has 2 aromatic heterocycles. The number of aromatic nitrogens is 5. The fourth-order valence-electron chi connectivity index (χ4n) is 4.24. The van der Waals surface area contributed by atoms with Gasteiger partial charge < -0.3 is 19.9 Å². The zero-order valence-corrected chi connectivity index (χ0v) is 19.9. The van der Waals surface area contributed by atoms with Crippen molar-refractivity contribution in [2.75, 3.05) is 19.5 Å². The lowest BCUT2D eigenvalue weighted by molar-refractivity contribution is -0.116. The van der Waals surface area contributed by atoms with Crippen molar-refractivity contribution >= 4 is 23.3 Å². The van der Waals surface area contributed by atoms with Gasteiger partial charge in [-0.25, -0.2) is 4.98 Å². The summed E-state index contributed by atoms with van der Waals surface area (Å²) in [6.45, 7) is 1.85. The van der Waals surface area contributed by atoms with Crippen molar-refractivity contribution in [1.29, 1.82) is 0 Å². The number of carbonyl (C=O) groups excluding carboxylic acids is 1. The minimum Gasteiger partial charge on any atom is -0.502 e. The number of benzene rings is 2. The molecule has 1 atom stereocenters. The van der Waals surface area contributed by atoms with E-state index in [1.54, 1.807) is 30.5 Å². The Morgan fingerprint density at radius 2 is 1.83 bits per heavy atom. The Hall–Kier alpha value is -4.18. The van der Waals surface area contributed by atoms with Crippen LogP contribution in [0.15, 0.2) is 42.6 Å². The number of phenols is 1. The van der Waals surface area contributed by atoms with Gasteiger partial charge in [-0.2, -0.15) is 14.9 Å². The molecule has 0 spiro atoms. The Balaban J connectivity index is 1.62. The average Bonchev–Trinajstić information content (AvgIpc) is 3.20. The predicted molar refractivity (Wildman–Crippen MR) is 128 cm³/mol. The largest absolute Gasteiger partial charge is 0.502 e. The third-order valence-corrected chi connectivity index (χ3v) is 6.14. The molecule has 0 saturated carbocycles. The molecule has 0 bridgehead atoms. The molecule has 10 nitrogen and oxygen atoms in total. The molecule has 1 amide bonds. The molecule has 11 heteroatoms. The third-order valence-electron chi connectivity index (χ3n) is 5.88. The summed E-state index contributed by atoms with van der Waals surface area (Å²) in [5, 5.41) is 26.7. The van der Waals surface area contributed by atoms with Crippen molar-refractivity contribution in [1.82, 2.24) is 25.0 Å². The maximum Gasteiger partial charge on any atom is 0.272 e. The molecular formula is C24H21ClN6O4. The molecule has 4 aromatic rings. The molecule has 0 saturated heterocycles. The van der Waals surface area contributed by atoms with Gasteiger partial charge in [0.15, 0.2) is 11.5 Å². The van der Waals surface area contributed by atoms with Crippen LogP contribution in [-0.2, 0) is 4.79 Å². The number of fused-ring (bicyclic) bond motifs is 1. The van der Waals surface area contributed by atoms with Gasteiger partial charge in [-0.15, -0.1) is 5.10 Å². The summed E-state index contributed by atoms with van der Waals surface area (Å²) in [7, 11) is 2.91. The summed E-state index contributed by atoms with van der Waals surface area (Å²) >= 11 is 6.00. The van der Waals surface area contributed by atoms with Crippen LogP contribution in [-0.4, -0.2) is 50.2 Å². The zero-order chi connectivity index (χ0) is 24.7. The van der Waals surface area contributed by atoms with Gasteiger partial charge in [0.2, 0.25) is 11.7 Å². The van der Waals surface area contributed by atoms with Crippen LogP contribution in [0.1, 0.15) is 29.2 Å². The second-order valence-electron chi connectivity index (χ2n) is 7.99. The normalized spacial score (nSPS) is 14.9. The number of ether oxygens (including phenoxy) is 2. The molecule has 1 aliphatic rings. The maximum absolute atomic E-state index is 12.8. The van der Waals surface area contributed by atoms with Gasteiger partial charge in [0.25, 0.3) is 5.95 Å². The summed E-state index contributed by atoms with van der Waals surface area (Å²) in [5.74, 6) is 0.513. The number of halogens is 1. The topological polar surface area (TPSA) is 124 Å². The van der Waals surface area contributed by atoms with Crippen LogP contribution < -0.4 is 14.8 Å². The molecule has 1 aliphatic heterocycles. The maximum atomic E-state index is 12.8. The predicted octanol–water partition coefficient (Wildman–Crippen LogP) is 3.88. The number of rotatable bonds is 5. The summed E-state index contributed by atoms with van der Waals surface area (Å²) in [4.78, 5) is 17.4. The number of hydrogen-bond acceptors (Lipinski definition) is 8. The monoisotopic (exact) mass is 492 g/mol. The van der Waals surface area contributed by atoms with E-state index in [-0.39, 0.29) is 41.4 Å². The smallest absolute Gasteiger partial charge is 0.272 e. The highest BCUT2D eigenvalue weighted by Crippen LogP contribution is 2.45. The number of hydrogen-bond donors (Lipinski definition) is 2. The Labute approximate surface area is 205 Å². The lowest BCUT2D eigenvalue weighted by Gasteiger charge is -2.25. The van der Waals surface area contributed by atoms with Crippen molar-refractivity contribution in [2.24, 2.45) is 0 Å². The number of aromatic hydroxyl groups is 1. The Bertz CT molecular complexity index is 1410. The van der Waals surface area contributed by atoms with Crippen molar-refractivity contribution in [3.8, 4) is 34.5 Å². The van der Waals surface area contributed by atoms with E-state index in [0.717, 1.165) is 16.7 Å². The second-order valence-corrected chi connectivity index (χ2v) is 8.42. The summed E-state index contributed by atoms with van der Waals surface area (Å²) in [5.41, 5.74) is 3.63. The first-order valence-electron chi connectivity index (χ1n) is 10.7. The van der Waals surface area contributed by atoms with Crippen LogP contribution in [0.2, 0.25) is 5.02 Å². The zero-order valence-electron chi connectivity index (χ0n) is 19.1. The standard InChI is InChI=1S/C24H21ClN6O4/c1-12-21-16(14-8-18(34-2)22(33)19(9-14)35-3)10-20(32)28-23(21)31(30-12)24-27-17(11-26-29-24)13-4-6-15(25)7-5-13/h4-9,11,16,33H,10H2,1-3H3,(H,28,32). The van der Waals surface area contributed by atoms with Crippen LogP contribution in [0.5, 0.6) is 17.2 Å². The van der Waals surface area contributed by atoms with Gasteiger partial charge in [-0.05, 0) is 36.8 Å². The molecule has 1 unspecified atom stereocenters. The van der Waals surface area contributed by atoms with Gasteiger partial charge in [-0.1, -0.05) is 23.7 Å². The molecular weight excluding hydrogens is 472 g/mol. The molecule has 178 valence electrons. The lowest BCUT2D eigenvalue weighted by atomic mass is 9.85. The van der Waals surface area contributed by atoms with E-state index in [2.05, 4.69) is 25.6 Å². The quantitative estimate of drug-likeness (QED) is 0.430. The molecule has 2 aromatic carbocycles. The highest BCUT2D eigenvalue weighted by Gasteiger charge is 2.34. The Morgan fingerprint density at radius 3 is 2.49 bits per heavy atom. The average molecular weight is 493 g/mol. The van der Waals surface area contributed by atoms with E-state index >= 15 is 0 Å². The van der Waals surface area contributed by atoms with E-state index in [1.165, 1.54) is 18.9 Å². The fraction of sp³-hybridized carbons (Fsp3) is 0.208. The highest BCUT2D eigenvalue weighted by atomic mass is 35.5. The van der Waals surface area contributed by atoms with Crippen LogP contribution in [0.3, 0.4) is 0 Å². The molecule has 2 N–H and O–H groups in total. The summed E-state index contributed by atoms with van der Waals surface area (Å²) < 4.78 is 12.1. The Morgan fingerprint density at radius 1 is 1.14 bits per heavy atom. The van der Waals surface area contributed by atoms with Crippen molar-refractivity contribution in [2.45, 2.75) is 19.3 Å². The number of anilines is 1.